The molecule has 0 aliphatic carbocycles. The summed E-state index contributed by atoms with van der Waals surface area (Å²) in [5, 5.41) is 8.90. The highest BCUT2D eigenvalue weighted by Gasteiger charge is 2.25. The number of likely N-dealkylation sites (N-methyl/N-ethyl adjacent to an activating group) is 1. The minimum atomic E-state index is -0.989. The molecule has 0 spiro atoms. The van der Waals surface area contributed by atoms with E-state index in [1.807, 2.05) is 0 Å². The second-order valence-corrected chi connectivity index (χ2v) is 8.53. The first-order valence-corrected chi connectivity index (χ1v) is 9.14. The molecule has 1 unspecified atom stereocenters. The summed E-state index contributed by atoms with van der Waals surface area (Å²) in [4.78, 5) is 28.6. The highest BCUT2D eigenvalue weighted by molar-refractivity contribution is 8.77. The molecule has 1 amide bonds. The number of hydrogen-bond donors (Lipinski definition) is 2. The second kappa shape index (κ2) is 10.3. The number of carboxylic acid groups (broad SMARTS) is 1. The van der Waals surface area contributed by atoms with Crippen molar-refractivity contribution in [2.45, 2.75) is 50.8 Å². The molecular formula is C13H26N2O4S2. The quantitative estimate of drug-likeness (QED) is 0.339. The molecule has 0 aliphatic heterocycles. The lowest BCUT2D eigenvalue weighted by molar-refractivity contribution is -0.148. The van der Waals surface area contributed by atoms with Crippen LogP contribution in [0.3, 0.4) is 0 Å². The van der Waals surface area contributed by atoms with Crippen molar-refractivity contribution >= 4 is 33.5 Å². The molecule has 0 radical (unpaired) electrons. The average Bonchev–Trinajstić information content (AvgIpc) is 2.42. The first kappa shape index (κ1) is 20.6. The monoisotopic (exact) mass is 338 g/mol. The maximum atomic E-state index is 12.0. The van der Waals surface area contributed by atoms with Crippen LogP contribution < -0.4 is 5.90 Å². The predicted octanol–water partition coefficient (Wildman–Crippen LogP) is 2.14. The number of carbonyl (C=O) groups excluding carboxylic acids is 1. The van der Waals surface area contributed by atoms with Gasteiger partial charge in [0.15, 0.2) is 0 Å². The van der Waals surface area contributed by atoms with Gasteiger partial charge in [0, 0.05) is 24.0 Å². The Kier molecular flexibility index (Phi) is 10.1. The van der Waals surface area contributed by atoms with Gasteiger partial charge in [0.05, 0.1) is 6.61 Å². The number of rotatable bonds is 11. The van der Waals surface area contributed by atoms with Crippen LogP contribution >= 0.6 is 21.6 Å². The van der Waals surface area contributed by atoms with Crippen molar-refractivity contribution < 1.29 is 19.5 Å². The van der Waals surface area contributed by atoms with E-state index in [1.165, 1.54) is 18.9 Å². The Morgan fingerprint density at radius 3 is 2.57 bits per heavy atom. The van der Waals surface area contributed by atoms with E-state index < -0.39 is 12.0 Å². The lowest BCUT2D eigenvalue weighted by Gasteiger charge is -2.26. The van der Waals surface area contributed by atoms with Crippen molar-refractivity contribution in [3.63, 3.8) is 0 Å². The third-order valence-electron chi connectivity index (χ3n) is 3.05. The molecule has 6 nitrogen and oxygen atoms in total. The van der Waals surface area contributed by atoms with E-state index in [0.29, 0.717) is 19.4 Å². The Morgan fingerprint density at radius 1 is 1.43 bits per heavy atom. The molecule has 0 aromatic heterocycles. The largest absolute Gasteiger partial charge is 0.480 e. The van der Waals surface area contributed by atoms with Crippen LogP contribution in [0, 0.1) is 0 Å². The van der Waals surface area contributed by atoms with E-state index in [1.54, 1.807) is 21.6 Å². The number of nitrogens with two attached hydrogens (primary N) is 1. The Bertz CT molecular complexity index is 340. The van der Waals surface area contributed by atoms with Gasteiger partial charge in [-0.15, -0.1) is 0 Å². The van der Waals surface area contributed by atoms with E-state index >= 15 is 0 Å². The van der Waals surface area contributed by atoms with E-state index in [9.17, 15) is 9.59 Å². The number of carboxylic acids is 1. The van der Waals surface area contributed by atoms with Crippen molar-refractivity contribution in [1.29, 1.82) is 0 Å². The summed E-state index contributed by atoms with van der Waals surface area (Å²) < 4.78 is -0.0444. The zero-order valence-electron chi connectivity index (χ0n) is 13.1. The molecule has 0 saturated carbocycles. The average molecular weight is 338 g/mol. The number of hydrogen-bond acceptors (Lipinski definition) is 6. The lowest BCUT2D eigenvalue weighted by atomic mass is 10.1. The molecule has 0 bridgehead atoms. The Morgan fingerprint density at radius 2 is 2.05 bits per heavy atom. The molecule has 0 saturated heterocycles. The third-order valence-corrected chi connectivity index (χ3v) is 6.48. The first-order chi connectivity index (χ1) is 9.71. The van der Waals surface area contributed by atoms with E-state index in [4.69, 9.17) is 11.0 Å². The fourth-order valence-electron chi connectivity index (χ4n) is 1.41. The van der Waals surface area contributed by atoms with Crippen LogP contribution in [0.15, 0.2) is 0 Å². The van der Waals surface area contributed by atoms with E-state index in [0.717, 1.165) is 12.2 Å². The summed E-state index contributed by atoms with van der Waals surface area (Å²) in [5.74, 6) is 4.76. The highest BCUT2D eigenvalue weighted by Crippen LogP contribution is 2.39. The molecule has 0 heterocycles. The Labute approximate surface area is 134 Å². The molecule has 0 aromatic carbocycles. The van der Waals surface area contributed by atoms with Crippen LogP contribution in [0.25, 0.3) is 0 Å². The fraction of sp³-hybridized carbons (Fsp3) is 0.846. The van der Waals surface area contributed by atoms with Crippen molar-refractivity contribution in [3.8, 4) is 0 Å². The van der Waals surface area contributed by atoms with Gasteiger partial charge in [0.1, 0.15) is 6.04 Å². The van der Waals surface area contributed by atoms with Gasteiger partial charge in [-0.1, -0.05) is 21.6 Å². The van der Waals surface area contributed by atoms with Crippen molar-refractivity contribution in [1.82, 2.24) is 4.90 Å². The van der Waals surface area contributed by atoms with Crippen molar-refractivity contribution in [3.05, 3.63) is 0 Å². The number of nitrogens with zero attached hydrogens (tertiary/aromatic N) is 1. The predicted molar refractivity (Wildman–Crippen MR) is 88.0 cm³/mol. The molecule has 1 atom stereocenters. The SMILES string of the molecule is CC(C(=O)O)N(C)C(=O)CCC(C)(C)SSCCCON. The summed E-state index contributed by atoms with van der Waals surface area (Å²) in [6, 6.07) is -0.793. The van der Waals surface area contributed by atoms with Crippen LogP contribution in [0.1, 0.15) is 40.0 Å². The van der Waals surface area contributed by atoms with Crippen LogP contribution in [0.4, 0.5) is 0 Å². The molecule has 124 valence electrons. The highest BCUT2D eigenvalue weighted by atomic mass is 33.1. The van der Waals surface area contributed by atoms with E-state index in [-0.39, 0.29) is 10.7 Å². The van der Waals surface area contributed by atoms with Gasteiger partial charge < -0.3 is 14.8 Å². The van der Waals surface area contributed by atoms with Gasteiger partial charge in [-0.2, -0.15) is 0 Å². The molecule has 3 N–H and O–H groups in total. The van der Waals surface area contributed by atoms with E-state index in [2.05, 4.69) is 18.7 Å². The Hall–Kier alpha value is -0.440. The molecule has 0 rings (SSSR count). The van der Waals surface area contributed by atoms with Gasteiger partial charge in [0.25, 0.3) is 0 Å². The molecule has 0 fully saturated rings. The van der Waals surface area contributed by atoms with Gasteiger partial charge >= 0.3 is 5.97 Å². The molecule has 0 aromatic rings. The topological polar surface area (TPSA) is 92.9 Å². The summed E-state index contributed by atoms with van der Waals surface area (Å²) >= 11 is 0. The van der Waals surface area contributed by atoms with Crippen LogP contribution in [0.2, 0.25) is 0 Å². The standard InChI is InChI=1S/C13H26N2O4S2/c1-10(12(17)18)15(4)11(16)6-7-13(2,3)21-20-9-5-8-19-14/h10H,5-9,14H2,1-4H3,(H,17,18). The number of amides is 1. The fourth-order valence-corrected chi connectivity index (χ4v) is 4.04. The van der Waals surface area contributed by atoms with Gasteiger partial charge in [-0.3, -0.25) is 4.79 Å². The molecule has 21 heavy (non-hydrogen) atoms. The zero-order chi connectivity index (χ0) is 16.5. The van der Waals surface area contributed by atoms with Gasteiger partial charge in [-0.25, -0.2) is 10.7 Å². The Balaban J connectivity index is 4.06. The normalized spacial score (nSPS) is 13.0. The minimum absolute atomic E-state index is 0.0444. The summed E-state index contributed by atoms with van der Waals surface area (Å²) in [5.41, 5.74) is 0. The smallest absolute Gasteiger partial charge is 0.326 e. The molecular weight excluding hydrogens is 312 g/mol. The number of aliphatic carboxylic acids is 1. The van der Waals surface area contributed by atoms with Crippen LogP contribution in [0.5, 0.6) is 0 Å². The maximum absolute atomic E-state index is 12.0. The second-order valence-electron chi connectivity index (χ2n) is 5.41. The van der Waals surface area contributed by atoms with Crippen LogP contribution in [-0.4, -0.2) is 52.1 Å². The summed E-state index contributed by atoms with van der Waals surface area (Å²) in [7, 11) is 4.99. The molecule has 8 heteroatoms. The maximum Gasteiger partial charge on any atom is 0.326 e. The van der Waals surface area contributed by atoms with Crippen LogP contribution in [-0.2, 0) is 14.4 Å². The van der Waals surface area contributed by atoms with Gasteiger partial charge in [0.2, 0.25) is 5.91 Å². The van der Waals surface area contributed by atoms with Gasteiger partial charge in [-0.05, 0) is 33.6 Å². The summed E-state index contributed by atoms with van der Waals surface area (Å²) in [6.07, 6.45) is 1.94. The summed E-state index contributed by atoms with van der Waals surface area (Å²) in [6.45, 7) is 6.22. The first-order valence-electron chi connectivity index (χ1n) is 6.82. The third kappa shape index (κ3) is 9.23. The minimum Gasteiger partial charge on any atom is -0.480 e. The molecule has 0 aliphatic rings. The van der Waals surface area contributed by atoms with Crippen molar-refractivity contribution in [2.75, 3.05) is 19.4 Å². The lowest BCUT2D eigenvalue weighted by Crippen LogP contribution is -2.40. The number of carbonyl (C=O) groups is 2. The zero-order valence-corrected chi connectivity index (χ0v) is 14.8. The van der Waals surface area contributed by atoms with Crippen molar-refractivity contribution in [2.24, 2.45) is 5.90 Å².